The van der Waals surface area contributed by atoms with Crippen molar-refractivity contribution in [1.29, 1.82) is 0 Å². The highest BCUT2D eigenvalue weighted by Crippen LogP contribution is 2.24. The van der Waals surface area contributed by atoms with Crippen LogP contribution in [0.4, 0.5) is 0 Å². The van der Waals surface area contributed by atoms with Gasteiger partial charge in [-0.05, 0) is 61.4 Å². The van der Waals surface area contributed by atoms with Gasteiger partial charge in [-0.2, -0.15) is 8.42 Å². The molecule has 0 radical (unpaired) electrons. The molecule has 0 aliphatic carbocycles. The van der Waals surface area contributed by atoms with Crippen LogP contribution in [0, 0.1) is 13.8 Å². The first kappa shape index (κ1) is 18.5. The molecule has 5 aromatic rings. The Bertz CT molecular complexity index is 1780. The first-order valence-corrected chi connectivity index (χ1v) is 10.6. The van der Waals surface area contributed by atoms with Gasteiger partial charge in [0.15, 0.2) is 10.9 Å². The smallest absolute Gasteiger partial charge is 0.294 e. The zero-order valence-corrected chi connectivity index (χ0v) is 16.8. The second-order valence-electron chi connectivity index (χ2n) is 7.54. The molecule has 5 rings (SSSR count). The highest BCUT2D eigenvalue weighted by atomic mass is 32.2. The van der Waals surface area contributed by atoms with E-state index in [2.05, 4.69) is 9.97 Å². The SMILES string of the molecule is Cc1cc(C)c2[nH]c3cc4c(=O)c5ccc(S(=O)(=O)O)cc5[nH]c4cc3c(=O)c2c1. The van der Waals surface area contributed by atoms with Crippen molar-refractivity contribution in [2.75, 3.05) is 0 Å². The van der Waals surface area contributed by atoms with Gasteiger partial charge in [-0.25, -0.2) is 0 Å². The van der Waals surface area contributed by atoms with Gasteiger partial charge in [0.1, 0.15) is 0 Å². The summed E-state index contributed by atoms with van der Waals surface area (Å²) in [6, 6.07) is 10.8. The number of hydrogen-bond donors (Lipinski definition) is 3. The van der Waals surface area contributed by atoms with Crippen molar-refractivity contribution in [2.45, 2.75) is 18.7 Å². The maximum absolute atomic E-state index is 13.1. The van der Waals surface area contributed by atoms with Crippen LogP contribution in [0.3, 0.4) is 0 Å². The summed E-state index contributed by atoms with van der Waals surface area (Å²) >= 11 is 0. The molecular formula is C22H16N2O5S. The Balaban J connectivity index is 1.95. The summed E-state index contributed by atoms with van der Waals surface area (Å²) < 4.78 is 32.2. The maximum Gasteiger partial charge on any atom is 0.294 e. The number of pyridine rings is 2. The molecule has 0 saturated carbocycles. The molecule has 0 fully saturated rings. The first-order valence-electron chi connectivity index (χ1n) is 9.18. The van der Waals surface area contributed by atoms with Crippen LogP contribution in [0.1, 0.15) is 11.1 Å². The van der Waals surface area contributed by atoms with Gasteiger partial charge < -0.3 is 9.97 Å². The van der Waals surface area contributed by atoms with E-state index in [0.717, 1.165) is 16.6 Å². The van der Waals surface area contributed by atoms with E-state index in [9.17, 15) is 22.6 Å². The zero-order valence-electron chi connectivity index (χ0n) is 16.0. The number of aromatic amines is 2. The Labute approximate surface area is 169 Å². The summed E-state index contributed by atoms with van der Waals surface area (Å²) in [6.07, 6.45) is 0. The summed E-state index contributed by atoms with van der Waals surface area (Å²) in [7, 11) is -4.41. The van der Waals surface area contributed by atoms with Crippen LogP contribution in [-0.2, 0) is 10.1 Å². The molecule has 150 valence electrons. The van der Waals surface area contributed by atoms with E-state index in [1.807, 2.05) is 26.0 Å². The molecule has 2 heterocycles. The highest BCUT2D eigenvalue weighted by molar-refractivity contribution is 7.85. The van der Waals surface area contributed by atoms with E-state index in [4.69, 9.17) is 0 Å². The van der Waals surface area contributed by atoms with Gasteiger partial charge in [0.25, 0.3) is 10.1 Å². The summed E-state index contributed by atoms with van der Waals surface area (Å²) in [5.74, 6) is 0. The monoisotopic (exact) mass is 420 g/mol. The second-order valence-corrected chi connectivity index (χ2v) is 8.96. The van der Waals surface area contributed by atoms with Crippen LogP contribution in [0.2, 0.25) is 0 Å². The summed E-state index contributed by atoms with van der Waals surface area (Å²) in [6.45, 7) is 3.85. The molecule has 0 unspecified atom stereocenters. The van der Waals surface area contributed by atoms with Crippen molar-refractivity contribution in [1.82, 2.24) is 9.97 Å². The fourth-order valence-corrected chi connectivity index (χ4v) is 4.56. The molecule has 0 amide bonds. The van der Waals surface area contributed by atoms with Crippen molar-refractivity contribution in [3.63, 3.8) is 0 Å². The fourth-order valence-electron chi connectivity index (χ4n) is 4.05. The molecule has 3 N–H and O–H groups in total. The first-order chi connectivity index (χ1) is 14.1. The number of aryl methyl sites for hydroxylation is 2. The lowest BCUT2D eigenvalue weighted by Crippen LogP contribution is -2.09. The number of rotatable bonds is 1. The normalized spacial score (nSPS) is 12.4. The van der Waals surface area contributed by atoms with Gasteiger partial charge in [0.2, 0.25) is 0 Å². The largest absolute Gasteiger partial charge is 0.354 e. The van der Waals surface area contributed by atoms with E-state index >= 15 is 0 Å². The van der Waals surface area contributed by atoms with Crippen molar-refractivity contribution >= 4 is 53.7 Å². The Kier molecular flexibility index (Phi) is 3.71. The van der Waals surface area contributed by atoms with E-state index in [1.54, 1.807) is 12.1 Å². The van der Waals surface area contributed by atoms with Crippen LogP contribution in [-0.4, -0.2) is 22.9 Å². The summed E-state index contributed by atoms with van der Waals surface area (Å²) in [5.41, 5.74) is 3.40. The standard InChI is InChI=1S/C22H16N2O5S/c1-10-5-11(2)20-16(6-10)22(26)15-8-18-14(9-19(15)24-20)21(25)13-4-3-12(30(27,28)29)7-17(13)23-18/h3-9H,1-2H3,(H,23,25)(H,24,26)(H,27,28,29). The average molecular weight is 420 g/mol. The molecule has 30 heavy (non-hydrogen) atoms. The lowest BCUT2D eigenvalue weighted by atomic mass is 10.0. The minimum atomic E-state index is -4.41. The van der Waals surface area contributed by atoms with Crippen molar-refractivity contribution in [2.24, 2.45) is 0 Å². The molecular weight excluding hydrogens is 404 g/mol. The Morgan fingerprint density at radius 3 is 2.00 bits per heavy atom. The fraction of sp³-hybridized carbons (Fsp3) is 0.0909. The van der Waals surface area contributed by atoms with Gasteiger partial charge in [0, 0.05) is 21.5 Å². The molecule has 0 aliphatic heterocycles. The van der Waals surface area contributed by atoms with Crippen LogP contribution in [0.5, 0.6) is 0 Å². The molecule has 8 heteroatoms. The van der Waals surface area contributed by atoms with Crippen LogP contribution in [0.15, 0.2) is 56.9 Å². The molecule has 3 aromatic carbocycles. The molecule has 0 bridgehead atoms. The lowest BCUT2D eigenvalue weighted by Gasteiger charge is -2.09. The van der Waals surface area contributed by atoms with Gasteiger partial charge in [0.05, 0.1) is 27.0 Å². The number of H-pyrrole nitrogens is 2. The molecule has 0 spiro atoms. The number of benzene rings is 3. The third-order valence-electron chi connectivity index (χ3n) is 5.43. The van der Waals surface area contributed by atoms with Gasteiger partial charge in [-0.1, -0.05) is 6.07 Å². The van der Waals surface area contributed by atoms with E-state index < -0.39 is 10.1 Å². The quantitative estimate of drug-likeness (QED) is 0.283. The number of nitrogens with one attached hydrogen (secondary N) is 2. The molecule has 0 saturated heterocycles. The average Bonchev–Trinajstić information content (AvgIpc) is 2.67. The third kappa shape index (κ3) is 2.65. The lowest BCUT2D eigenvalue weighted by molar-refractivity contribution is 0.483. The Morgan fingerprint density at radius 1 is 0.733 bits per heavy atom. The second kappa shape index (κ2) is 6.01. The van der Waals surface area contributed by atoms with Gasteiger partial charge in [-0.15, -0.1) is 0 Å². The summed E-state index contributed by atoms with van der Waals surface area (Å²) in [4.78, 5) is 32.2. The predicted molar refractivity (Wildman–Crippen MR) is 117 cm³/mol. The number of fused-ring (bicyclic) bond motifs is 4. The van der Waals surface area contributed by atoms with Crippen LogP contribution >= 0.6 is 0 Å². The topological polar surface area (TPSA) is 120 Å². The van der Waals surface area contributed by atoms with Crippen molar-refractivity contribution in [3.05, 3.63) is 74.0 Å². The zero-order chi connectivity index (χ0) is 21.4. The highest BCUT2D eigenvalue weighted by Gasteiger charge is 2.15. The molecule has 2 aromatic heterocycles. The Morgan fingerprint density at radius 2 is 1.33 bits per heavy atom. The third-order valence-corrected chi connectivity index (χ3v) is 6.28. The van der Waals surface area contributed by atoms with E-state index in [-0.39, 0.29) is 26.7 Å². The number of aromatic nitrogens is 2. The maximum atomic E-state index is 13.1. The minimum Gasteiger partial charge on any atom is -0.354 e. The molecule has 7 nitrogen and oxygen atoms in total. The Hall–Kier alpha value is -3.49. The number of hydrogen-bond acceptors (Lipinski definition) is 4. The molecule has 0 aliphatic rings. The summed E-state index contributed by atoms with van der Waals surface area (Å²) in [5, 5.41) is 1.63. The van der Waals surface area contributed by atoms with Gasteiger partial charge >= 0.3 is 0 Å². The van der Waals surface area contributed by atoms with Crippen molar-refractivity contribution < 1.29 is 13.0 Å². The minimum absolute atomic E-state index is 0.153. The van der Waals surface area contributed by atoms with E-state index in [1.165, 1.54) is 18.2 Å². The van der Waals surface area contributed by atoms with Gasteiger partial charge in [-0.3, -0.25) is 14.1 Å². The van der Waals surface area contributed by atoms with Crippen molar-refractivity contribution in [3.8, 4) is 0 Å². The van der Waals surface area contributed by atoms with E-state index in [0.29, 0.717) is 27.2 Å². The molecule has 0 atom stereocenters. The van der Waals surface area contributed by atoms with Crippen LogP contribution in [0.25, 0.3) is 43.6 Å². The van der Waals surface area contributed by atoms with Crippen LogP contribution < -0.4 is 10.9 Å². The predicted octanol–water partition coefficient (Wildman–Crippen LogP) is 3.54.